The normalized spacial score (nSPS) is 28.7. The summed E-state index contributed by atoms with van der Waals surface area (Å²) in [6.45, 7) is 7.89. The first kappa shape index (κ1) is 21.3. The molecule has 0 bridgehead atoms. The molecule has 0 radical (unpaired) electrons. The summed E-state index contributed by atoms with van der Waals surface area (Å²) in [5.74, 6) is 0.117. The number of hydrogen-bond acceptors (Lipinski definition) is 2. The van der Waals surface area contributed by atoms with E-state index in [9.17, 15) is 9.50 Å². The van der Waals surface area contributed by atoms with Gasteiger partial charge in [0.15, 0.2) is 0 Å². The Labute approximate surface area is 180 Å². The van der Waals surface area contributed by atoms with Crippen LogP contribution in [-0.2, 0) is 6.54 Å². The number of likely N-dealkylation sites (tertiary alicyclic amines) is 1. The summed E-state index contributed by atoms with van der Waals surface area (Å²) in [7, 11) is 0. The van der Waals surface area contributed by atoms with Gasteiger partial charge in [0.25, 0.3) is 0 Å². The van der Waals surface area contributed by atoms with E-state index >= 15 is 0 Å². The number of aliphatic hydroxyl groups is 1. The van der Waals surface area contributed by atoms with Gasteiger partial charge < -0.3 is 14.9 Å². The van der Waals surface area contributed by atoms with E-state index in [0.29, 0.717) is 6.54 Å². The molecule has 1 aliphatic heterocycles. The van der Waals surface area contributed by atoms with E-state index < -0.39 is 5.60 Å². The predicted molar refractivity (Wildman–Crippen MR) is 120 cm³/mol. The molecule has 30 heavy (non-hydrogen) atoms. The van der Waals surface area contributed by atoms with E-state index in [1.165, 1.54) is 22.6 Å². The van der Waals surface area contributed by atoms with Crippen molar-refractivity contribution >= 4 is 5.69 Å². The van der Waals surface area contributed by atoms with Crippen molar-refractivity contribution in [3.8, 4) is 0 Å². The Bertz CT molecular complexity index is 835. The molecule has 4 atom stereocenters. The number of halogens is 1. The maximum absolute atomic E-state index is 14.4. The van der Waals surface area contributed by atoms with Crippen molar-refractivity contribution in [3.05, 3.63) is 65.5 Å². The molecule has 0 spiro atoms. The monoisotopic (exact) mass is 411 g/mol. The van der Waals surface area contributed by atoms with Crippen molar-refractivity contribution in [2.45, 2.75) is 64.1 Å². The molecule has 0 aromatic heterocycles. The highest BCUT2D eigenvalue weighted by atomic mass is 19.1. The predicted octanol–water partition coefficient (Wildman–Crippen LogP) is 4.12. The van der Waals surface area contributed by atoms with Gasteiger partial charge in [0.2, 0.25) is 0 Å². The number of nitrogens with one attached hydrogen (secondary N) is 1. The highest BCUT2D eigenvalue weighted by molar-refractivity contribution is 5.47. The summed E-state index contributed by atoms with van der Waals surface area (Å²) in [5, 5.41) is 11.5. The molecule has 2 aromatic rings. The van der Waals surface area contributed by atoms with Gasteiger partial charge in [0, 0.05) is 42.2 Å². The molecule has 2 N–H and O–H groups in total. The molecular formula is C26H36FN2O+. The second-order valence-corrected chi connectivity index (χ2v) is 9.12. The minimum Gasteiger partial charge on any atom is -0.389 e. The largest absolute Gasteiger partial charge is 0.389 e. The Hall–Kier alpha value is -1.91. The lowest BCUT2D eigenvalue weighted by molar-refractivity contribution is -0.958. The van der Waals surface area contributed by atoms with E-state index in [4.69, 9.17) is 0 Å². The van der Waals surface area contributed by atoms with Gasteiger partial charge in [-0.25, -0.2) is 4.39 Å². The van der Waals surface area contributed by atoms with Crippen molar-refractivity contribution in [1.82, 2.24) is 0 Å². The standard InChI is InChI=1S/C26H35FN2O/c1-3-28(4-2)22-14-12-20(13-15-22)25-23-10-7-8-16-26(23,30)17-18-29(25)19-21-9-5-6-11-24(21)27/h5-6,9,11-15,23,25,30H,3-4,7-8,10,16-19H2,1-2H3/p+1/t23-,25+,26-/m0/s1. The number of benzene rings is 2. The zero-order valence-electron chi connectivity index (χ0n) is 18.4. The lowest BCUT2D eigenvalue weighted by atomic mass is 9.66. The highest BCUT2D eigenvalue weighted by Crippen LogP contribution is 2.44. The van der Waals surface area contributed by atoms with Gasteiger partial charge in [-0.3, -0.25) is 0 Å². The number of quaternary nitrogens is 1. The molecule has 1 heterocycles. The summed E-state index contributed by atoms with van der Waals surface area (Å²) in [4.78, 5) is 3.73. The van der Waals surface area contributed by atoms with Gasteiger partial charge in [0.1, 0.15) is 18.4 Å². The Morgan fingerprint density at radius 2 is 1.77 bits per heavy atom. The first-order chi connectivity index (χ1) is 14.6. The van der Waals surface area contributed by atoms with Crippen molar-refractivity contribution in [1.29, 1.82) is 0 Å². The van der Waals surface area contributed by atoms with Crippen LogP contribution in [0.4, 0.5) is 10.1 Å². The lowest BCUT2D eigenvalue weighted by Gasteiger charge is -2.50. The first-order valence-electron chi connectivity index (χ1n) is 11.7. The highest BCUT2D eigenvalue weighted by Gasteiger charge is 2.51. The fraction of sp³-hybridized carbons (Fsp3) is 0.538. The molecule has 2 aliphatic rings. The van der Waals surface area contributed by atoms with Crippen LogP contribution in [0.25, 0.3) is 0 Å². The number of rotatable bonds is 6. The van der Waals surface area contributed by atoms with Crippen LogP contribution in [0.1, 0.15) is 63.1 Å². The van der Waals surface area contributed by atoms with Crippen LogP contribution in [0, 0.1) is 11.7 Å². The summed E-state index contributed by atoms with van der Waals surface area (Å²) in [5.41, 5.74) is 2.73. The maximum atomic E-state index is 14.4. The SMILES string of the molecule is CCN(CC)c1ccc([C@@H]2[C@@H]3CCCC[C@]3(O)CC[NH+]2Cc2ccccc2F)cc1. The molecule has 0 amide bonds. The zero-order chi connectivity index (χ0) is 21.1. The number of piperidine rings is 1. The second-order valence-electron chi connectivity index (χ2n) is 9.12. The fourth-order valence-electron chi connectivity index (χ4n) is 5.89. The summed E-state index contributed by atoms with van der Waals surface area (Å²) >= 11 is 0. The molecule has 4 heteroatoms. The average molecular weight is 412 g/mol. The van der Waals surface area contributed by atoms with Gasteiger partial charge in [-0.2, -0.15) is 0 Å². The quantitative estimate of drug-likeness (QED) is 0.748. The molecule has 2 fully saturated rings. The minimum atomic E-state index is -0.570. The van der Waals surface area contributed by atoms with Gasteiger partial charge in [-0.1, -0.05) is 43.2 Å². The topological polar surface area (TPSA) is 27.9 Å². The van der Waals surface area contributed by atoms with Gasteiger partial charge >= 0.3 is 0 Å². The number of nitrogens with zero attached hydrogens (tertiary/aromatic N) is 1. The Balaban J connectivity index is 1.67. The van der Waals surface area contributed by atoms with Crippen molar-refractivity contribution in [2.24, 2.45) is 5.92 Å². The van der Waals surface area contributed by atoms with Crippen LogP contribution < -0.4 is 9.80 Å². The minimum absolute atomic E-state index is 0.120. The van der Waals surface area contributed by atoms with E-state index in [0.717, 1.165) is 50.9 Å². The molecule has 1 saturated heterocycles. The summed E-state index contributed by atoms with van der Waals surface area (Å²) < 4.78 is 14.4. The molecule has 162 valence electrons. The fourth-order valence-corrected chi connectivity index (χ4v) is 5.89. The van der Waals surface area contributed by atoms with Crippen LogP contribution in [0.15, 0.2) is 48.5 Å². The summed E-state index contributed by atoms with van der Waals surface area (Å²) in [6.07, 6.45) is 5.06. The molecule has 4 rings (SSSR count). The van der Waals surface area contributed by atoms with Gasteiger partial charge in [-0.15, -0.1) is 0 Å². The lowest BCUT2D eigenvalue weighted by Crippen LogP contribution is -3.13. The molecule has 3 nitrogen and oxygen atoms in total. The molecule has 1 aliphatic carbocycles. The zero-order valence-corrected chi connectivity index (χ0v) is 18.4. The third-order valence-electron chi connectivity index (χ3n) is 7.54. The Kier molecular flexibility index (Phi) is 6.45. The number of anilines is 1. The number of hydrogen-bond donors (Lipinski definition) is 2. The van der Waals surface area contributed by atoms with E-state index in [2.05, 4.69) is 43.0 Å². The molecule has 1 unspecified atom stereocenters. The van der Waals surface area contributed by atoms with Crippen LogP contribution in [0.3, 0.4) is 0 Å². The van der Waals surface area contributed by atoms with E-state index in [-0.39, 0.29) is 17.8 Å². The second kappa shape index (κ2) is 9.07. The van der Waals surface area contributed by atoms with Gasteiger partial charge in [0.05, 0.1) is 12.1 Å². The first-order valence-corrected chi connectivity index (χ1v) is 11.7. The van der Waals surface area contributed by atoms with E-state index in [1.807, 2.05) is 12.1 Å². The van der Waals surface area contributed by atoms with Crippen LogP contribution in [0.5, 0.6) is 0 Å². The number of fused-ring (bicyclic) bond motifs is 1. The van der Waals surface area contributed by atoms with Crippen LogP contribution in [-0.4, -0.2) is 30.3 Å². The van der Waals surface area contributed by atoms with E-state index in [1.54, 1.807) is 12.1 Å². The van der Waals surface area contributed by atoms with Crippen LogP contribution in [0.2, 0.25) is 0 Å². The molecule has 1 saturated carbocycles. The van der Waals surface area contributed by atoms with Crippen LogP contribution >= 0.6 is 0 Å². The molecule has 2 aromatic carbocycles. The Morgan fingerprint density at radius 1 is 1.03 bits per heavy atom. The third-order valence-corrected chi connectivity index (χ3v) is 7.54. The van der Waals surface area contributed by atoms with Crippen molar-refractivity contribution < 1.29 is 14.4 Å². The molecular weight excluding hydrogens is 375 g/mol. The Morgan fingerprint density at radius 3 is 2.47 bits per heavy atom. The smallest absolute Gasteiger partial charge is 0.132 e. The average Bonchev–Trinajstić information content (AvgIpc) is 2.77. The van der Waals surface area contributed by atoms with Gasteiger partial charge in [-0.05, 0) is 44.9 Å². The van der Waals surface area contributed by atoms with Crippen molar-refractivity contribution in [3.63, 3.8) is 0 Å². The maximum Gasteiger partial charge on any atom is 0.132 e. The van der Waals surface area contributed by atoms with Crippen molar-refractivity contribution in [2.75, 3.05) is 24.5 Å². The third kappa shape index (κ3) is 4.13. The summed E-state index contributed by atoms with van der Waals surface area (Å²) in [6, 6.07) is 16.3.